The highest BCUT2D eigenvalue weighted by Gasteiger charge is 2.13. The minimum atomic E-state index is -1.09. The second-order valence-electron chi connectivity index (χ2n) is 3.83. The van der Waals surface area contributed by atoms with Crippen LogP contribution >= 0.6 is 0 Å². The molecular formula is C14H16N2O4. The lowest BCUT2D eigenvalue weighted by atomic mass is 10.3. The number of carboxylic acid groups (broad SMARTS) is 1. The average molecular weight is 276 g/mol. The molecule has 106 valence electrons. The van der Waals surface area contributed by atoms with Crippen molar-refractivity contribution in [2.45, 2.75) is 6.92 Å². The van der Waals surface area contributed by atoms with Crippen molar-refractivity contribution < 1.29 is 19.4 Å². The average Bonchev–Trinajstić information content (AvgIpc) is 2.43. The zero-order chi connectivity index (χ0) is 15.0. The molecule has 0 heterocycles. The van der Waals surface area contributed by atoms with Crippen molar-refractivity contribution >= 4 is 17.7 Å². The van der Waals surface area contributed by atoms with Gasteiger partial charge in [-0.15, -0.1) is 6.42 Å². The van der Waals surface area contributed by atoms with E-state index < -0.39 is 12.6 Å². The Morgan fingerprint density at radius 3 is 2.75 bits per heavy atom. The summed E-state index contributed by atoms with van der Waals surface area (Å²) in [5.74, 6) is 1.60. The van der Waals surface area contributed by atoms with E-state index in [-0.39, 0.29) is 12.6 Å². The van der Waals surface area contributed by atoms with Crippen LogP contribution in [0.5, 0.6) is 5.75 Å². The van der Waals surface area contributed by atoms with Gasteiger partial charge in [0.1, 0.15) is 5.75 Å². The van der Waals surface area contributed by atoms with Gasteiger partial charge in [0.2, 0.25) is 0 Å². The Hall–Kier alpha value is -2.68. The summed E-state index contributed by atoms with van der Waals surface area (Å²) < 4.78 is 5.10. The Morgan fingerprint density at radius 1 is 1.45 bits per heavy atom. The first-order valence-corrected chi connectivity index (χ1v) is 6.01. The first kappa shape index (κ1) is 15.4. The molecule has 0 fully saturated rings. The topological polar surface area (TPSA) is 78.9 Å². The number of nitrogens with zero attached hydrogens (tertiary/aromatic N) is 1. The number of anilines is 1. The standard InChI is InChI=1S/C14H16N2O4/c1-3-9-16(4-2)14(19)15-11-7-5-6-8-12(11)20-10-13(17)18/h1,5-8H,4,9-10H2,2H3,(H,15,19)(H,17,18). The van der Waals surface area contributed by atoms with Crippen molar-refractivity contribution in [3.8, 4) is 18.1 Å². The fraction of sp³-hybridized carbons (Fsp3) is 0.286. The number of carbonyl (C=O) groups is 2. The van der Waals surface area contributed by atoms with Crippen molar-refractivity contribution in [2.24, 2.45) is 0 Å². The molecule has 1 rings (SSSR count). The molecule has 0 radical (unpaired) electrons. The molecular weight excluding hydrogens is 260 g/mol. The van der Waals surface area contributed by atoms with Crippen LogP contribution in [0.2, 0.25) is 0 Å². The number of carbonyl (C=O) groups excluding carboxylic acids is 1. The summed E-state index contributed by atoms with van der Waals surface area (Å²) in [6.07, 6.45) is 5.19. The molecule has 2 N–H and O–H groups in total. The van der Waals surface area contributed by atoms with Crippen LogP contribution in [0.1, 0.15) is 6.92 Å². The van der Waals surface area contributed by atoms with Crippen molar-refractivity contribution in [1.82, 2.24) is 4.90 Å². The number of ether oxygens (including phenoxy) is 1. The second kappa shape index (κ2) is 7.69. The number of benzene rings is 1. The van der Waals surface area contributed by atoms with Gasteiger partial charge in [0, 0.05) is 6.54 Å². The molecule has 1 aromatic carbocycles. The number of amides is 2. The van der Waals surface area contributed by atoms with Crippen LogP contribution < -0.4 is 10.1 Å². The summed E-state index contributed by atoms with van der Waals surface area (Å²) in [4.78, 5) is 23.9. The number of carboxylic acids is 1. The molecule has 20 heavy (non-hydrogen) atoms. The number of hydrogen-bond donors (Lipinski definition) is 2. The Kier molecular flexibility index (Phi) is 5.91. The molecule has 0 aliphatic heterocycles. The lowest BCUT2D eigenvalue weighted by molar-refractivity contribution is -0.139. The van der Waals surface area contributed by atoms with E-state index in [4.69, 9.17) is 16.3 Å². The van der Waals surface area contributed by atoms with Crippen LogP contribution in [0.4, 0.5) is 10.5 Å². The molecule has 0 bridgehead atoms. The van der Waals surface area contributed by atoms with Crippen molar-refractivity contribution in [3.05, 3.63) is 24.3 Å². The molecule has 6 heteroatoms. The minimum Gasteiger partial charge on any atom is -0.480 e. The molecule has 1 aromatic rings. The van der Waals surface area contributed by atoms with E-state index in [0.717, 1.165) is 0 Å². The second-order valence-corrected chi connectivity index (χ2v) is 3.83. The summed E-state index contributed by atoms with van der Waals surface area (Å²) in [6, 6.07) is 6.23. The van der Waals surface area contributed by atoms with E-state index in [1.54, 1.807) is 24.3 Å². The highest BCUT2D eigenvalue weighted by molar-refractivity contribution is 5.91. The first-order chi connectivity index (χ1) is 9.58. The van der Waals surface area contributed by atoms with Crippen molar-refractivity contribution in [3.63, 3.8) is 0 Å². The molecule has 6 nitrogen and oxygen atoms in total. The number of nitrogens with one attached hydrogen (secondary N) is 1. The molecule has 0 aromatic heterocycles. The van der Waals surface area contributed by atoms with Crippen molar-refractivity contribution in [1.29, 1.82) is 0 Å². The molecule has 0 aliphatic rings. The van der Waals surface area contributed by atoms with E-state index in [0.29, 0.717) is 18.0 Å². The minimum absolute atomic E-state index is 0.195. The molecule has 0 saturated carbocycles. The van der Waals surface area contributed by atoms with Crippen LogP contribution in [0.25, 0.3) is 0 Å². The Balaban J connectivity index is 2.78. The van der Waals surface area contributed by atoms with Crippen molar-refractivity contribution in [2.75, 3.05) is 25.0 Å². The van der Waals surface area contributed by atoms with Gasteiger partial charge in [0.05, 0.1) is 12.2 Å². The first-order valence-electron chi connectivity index (χ1n) is 6.01. The molecule has 0 atom stereocenters. The highest BCUT2D eigenvalue weighted by atomic mass is 16.5. The highest BCUT2D eigenvalue weighted by Crippen LogP contribution is 2.23. The van der Waals surface area contributed by atoms with Gasteiger partial charge in [-0.05, 0) is 19.1 Å². The van der Waals surface area contributed by atoms with E-state index in [9.17, 15) is 9.59 Å². The fourth-order valence-corrected chi connectivity index (χ4v) is 1.47. The fourth-order valence-electron chi connectivity index (χ4n) is 1.47. The van der Waals surface area contributed by atoms with Crippen LogP contribution in [-0.2, 0) is 4.79 Å². The summed E-state index contributed by atoms with van der Waals surface area (Å²) in [6.45, 7) is 1.99. The number of para-hydroxylation sites is 2. The maximum absolute atomic E-state index is 12.0. The third kappa shape index (κ3) is 4.53. The third-order valence-electron chi connectivity index (χ3n) is 2.43. The lowest BCUT2D eigenvalue weighted by Gasteiger charge is -2.19. The monoisotopic (exact) mass is 276 g/mol. The maximum atomic E-state index is 12.0. The van der Waals surface area contributed by atoms with Gasteiger partial charge in [-0.3, -0.25) is 0 Å². The van der Waals surface area contributed by atoms with Gasteiger partial charge in [0.25, 0.3) is 0 Å². The number of hydrogen-bond acceptors (Lipinski definition) is 3. The normalized spacial score (nSPS) is 9.40. The number of terminal acetylenes is 1. The van der Waals surface area contributed by atoms with Gasteiger partial charge in [-0.1, -0.05) is 18.1 Å². The Labute approximate surface area is 117 Å². The maximum Gasteiger partial charge on any atom is 0.341 e. The van der Waals surface area contributed by atoms with Gasteiger partial charge >= 0.3 is 12.0 Å². The Morgan fingerprint density at radius 2 is 2.15 bits per heavy atom. The zero-order valence-electron chi connectivity index (χ0n) is 11.1. The van der Waals surface area contributed by atoms with E-state index >= 15 is 0 Å². The summed E-state index contributed by atoms with van der Waals surface area (Å²) >= 11 is 0. The van der Waals surface area contributed by atoms with Crippen LogP contribution in [0.3, 0.4) is 0 Å². The lowest BCUT2D eigenvalue weighted by Crippen LogP contribution is -2.35. The molecule has 2 amide bonds. The molecule has 0 saturated heterocycles. The van der Waals surface area contributed by atoms with Crippen LogP contribution in [0, 0.1) is 12.3 Å². The summed E-state index contributed by atoms with van der Waals surface area (Å²) in [5.41, 5.74) is 0.397. The van der Waals surface area contributed by atoms with Gasteiger partial charge < -0.3 is 20.1 Å². The van der Waals surface area contributed by atoms with Gasteiger partial charge in [0.15, 0.2) is 6.61 Å². The summed E-state index contributed by atoms with van der Waals surface area (Å²) in [7, 11) is 0. The smallest absolute Gasteiger partial charge is 0.341 e. The van der Waals surface area contributed by atoms with Gasteiger partial charge in [-0.2, -0.15) is 0 Å². The largest absolute Gasteiger partial charge is 0.480 e. The zero-order valence-corrected chi connectivity index (χ0v) is 11.1. The predicted octanol–water partition coefficient (Wildman–Crippen LogP) is 1.64. The van der Waals surface area contributed by atoms with E-state index in [1.165, 1.54) is 4.90 Å². The molecule has 0 unspecified atom stereocenters. The van der Waals surface area contributed by atoms with Crippen LogP contribution in [0.15, 0.2) is 24.3 Å². The molecule has 0 spiro atoms. The number of urea groups is 1. The third-order valence-corrected chi connectivity index (χ3v) is 2.43. The predicted molar refractivity (Wildman–Crippen MR) is 74.7 cm³/mol. The van der Waals surface area contributed by atoms with E-state index in [1.807, 2.05) is 6.92 Å². The quantitative estimate of drug-likeness (QED) is 0.774. The number of rotatable bonds is 6. The summed E-state index contributed by atoms with van der Waals surface area (Å²) in [5, 5.41) is 11.2. The number of aliphatic carboxylic acids is 1. The molecule has 0 aliphatic carbocycles. The van der Waals surface area contributed by atoms with Gasteiger partial charge in [-0.25, -0.2) is 9.59 Å². The van der Waals surface area contributed by atoms with E-state index in [2.05, 4.69) is 11.2 Å². The Bertz CT molecular complexity index is 522. The SMILES string of the molecule is C#CCN(CC)C(=O)Nc1ccccc1OCC(=O)O. The van der Waals surface area contributed by atoms with Crippen LogP contribution in [-0.4, -0.2) is 41.7 Å².